The second-order valence-corrected chi connectivity index (χ2v) is 27.4. The number of carbonyl (C=O) groups is 2. The summed E-state index contributed by atoms with van der Waals surface area (Å²) in [5.74, 6) is -0.966. The smallest absolute Gasteiger partial charge is 0.330 e. The van der Waals surface area contributed by atoms with Crippen LogP contribution < -0.4 is 26.1 Å². The van der Waals surface area contributed by atoms with Crippen LogP contribution in [-0.2, 0) is 23.2 Å². The molecule has 6 nitrogen and oxygen atoms in total. The van der Waals surface area contributed by atoms with Crippen molar-refractivity contribution in [2.24, 2.45) is 0 Å². The molecular formula is C54H77NO5Si2. The van der Waals surface area contributed by atoms with Crippen molar-refractivity contribution in [2.45, 2.75) is 154 Å². The van der Waals surface area contributed by atoms with Gasteiger partial charge in [0.05, 0.1) is 13.7 Å². The molecule has 2 atom stereocenters. The van der Waals surface area contributed by atoms with Gasteiger partial charge in [-0.05, 0) is 43.7 Å². The van der Waals surface area contributed by atoms with Crippen LogP contribution in [0.25, 0.3) is 0 Å². The fourth-order valence-electron chi connectivity index (χ4n) is 8.92. The van der Waals surface area contributed by atoms with Crippen LogP contribution in [0.15, 0.2) is 133 Å². The summed E-state index contributed by atoms with van der Waals surface area (Å²) in [5, 5.41) is 6.72. The van der Waals surface area contributed by atoms with Crippen LogP contribution in [0.1, 0.15) is 132 Å². The number of nitrogens with one attached hydrogen (secondary N) is 1. The molecule has 1 N–H and O–H groups in total. The van der Waals surface area contributed by atoms with Gasteiger partial charge in [0.15, 0.2) is 0 Å². The van der Waals surface area contributed by atoms with Crippen LogP contribution in [0.5, 0.6) is 0 Å². The number of allylic oxidation sites excluding steroid dienone is 1. The van der Waals surface area contributed by atoms with Crippen molar-refractivity contribution in [1.29, 1.82) is 0 Å². The highest BCUT2D eigenvalue weighted by molar-refractivity contribution is 7.00. The fraction of sp³-hybridized carbons (Fsp3) is 0.481. The highest BCUT2D eigenvalue weighted by Gasteiger charge is 2.53. The molecule has 0 radical (unpaired) electrons. The zero-order valence-corrected chi connectivity index (χ0v) is 41.3. The first-order valence-electron chi connectivity index (χ1n) is 23.4. The van der Waals surface area contributed by atoms with Gasteiger partial charge in [-0.3, -0.25) is 4.79 Å². The molecule has 0 aromatic heterocycles. The number of carbonyl (C=O) groups excluding carboxylic acids is 2. The van der Waals surface area contributed by atoms with Gasteiger partial charge >= 0.3 is 5.97 Å². The standard InChI is InChI=1S/C54H77NO5Si2/c1-9-10-11-12-13-14-15-16-17-18-19-20-21-34-43-50(60-62(54(5,6)7,47-39-30-24-31-40-47)48-41-32-25-33-42-48)51(56)55-49(52(57)58-8)44-59-61(53(2,3)4,45-35-26-22-27-36-45)46-37-28-23-29-38-46/h22-43,49-50H,9-21,44H2,1-8H3,(H,55,56)/b43-34+/t49-,50?/m0/s1. The Morgan fingerprint density at radius 2 is 0.935 bits per heavy atom. The monoisotopic (exact) mass is 876 g/mol. The molecule has 0 spiro atoms. The average molecular weight is 876 g/mol. The van der Waals surface area contributed by atoms with Crippen molar-refractivity contribution >= 4 is 49.3 Å². The Bertz CT molecular complexity index is 1810. The molecular weight excluding hydrogens is 799 g/mol. The third kappa shape index (κ3) is 13.7. The van der Waals surface area contributed by atoms with Crippen LogP contribution in [0.3, 0.4) is 0 Å². The van der Waals surface area contributed by atoms with Gasteiger partial charge in [0.2, 0.25) is 0 Å². The molecule has 8 heteroatoms. The van der Waals surface area contributed by atoms with E-state index >= 15 is 0 Å². The third-order valence-corrected chi connectivity index (χ3v) is 22.2. The lowest BCUT2D eigenvalue weighted by Crippen LogP contribution is -2.69. The van der Waals surface area contributed by atoms with E-state index in [0.717, 1.165) is 40.0 Å². The lowest BCUT2D eigenvalue weighted by Gasteiger charge is -2.44. The summed E-state index contributed by atoms with van der Waals surface area (Å²) >= 11 is 0. The van der Waals surface area contributed by atoms with Gasteiger partial charge in [-0.1, -0.05) is 253 Å². The number of hydrogen-bond acceptors (Lipinski definition) is 5. The average Bonchev–Trinajstić information content (AvgIpc) is 3.27. The van der Waals surface area contributed by atoms with Crippen LogP contribution in [0, 0.1) is 0 Å². The normalized spacial score (nSPS) is 13.5. The van der Waals surface area contributed by atoms with Crippen LogP contribution in [0.4, 0.5) is 0 Å². The predicted octanol–water partition coefficient (Wildman–Crippen LogP) is 10.8. The Hall–Kier alpha value is -4.09. The lowest BCUT2D eigenvalue weighted by atomic mass is 10.0. The Kier molecular flexibility index (Phi) is 20.6. The summed E-state index contributed by atoms with van der Waals surface area (Å²) < 4.78 is 20.0. The second-order valence-electron chi connectivity index (χ2n) is 18.9. The maximum Gasteiger partial charge on any atom is 0.330 e. The molecule has 4 aromatic carbocycles. The third-order valence-electron chi connectivity index (χ3n) is 12.2. The number of ether oxygens (including phenoxy) is 1. The number of amides is 1. The number of methoxy groups -OCH3 is 1. The second kappa shape index (κ2) is 25.3. The van der Waals surface area contributed by atoms with Crippen molar-refractivity contribution in [3.05, 3.63) is 133 Å². The van der Waals surface area contributed by atoms with Gasteiger partial charge in [0, 0.05) is 0 Å². The minimum atomic E-state index is -3.18. The molecule has 1 amide bonds. The van der Waals surface area contributed by atoms with Gasteiger partial charge in [-0.25, -0.2) is 4.79 Å². The van der Waals surface area contributed by atoms with Crippen LogP contribution in [-0.4, -0.2) is 54.4 Å². The first-order chi connectivity index (χ1) is 29.8. The largest absolute Gasteiger partial charge is 0.467 e. The molecule has 0 aliphatic carbocycles. The van der Waals surface area contributed by atoms with Crippen molar-refractivity contribution < 1.29 is 23.2 Å². The first-order valence-corrected chi connectivity index (χ1v) is 27.2. The van der Waals surface area contributed by atoms with Gasteiger partial charge in [-0.15, -0.1) is 0 Å². The van der Waals surface area contributed by atoms with Gasteiger partial charge in [-0.2, -0.15) is 0 Å². The summed E-state index contributed by atoms with van der Waals surface area (Å²) in [6, 6.07) is 40.3. The maximum absolute atomic E-state index is 15.0. The van der Waals surface area contributed by atoms with E-state index in [1.807, 2.05) is 78.9 Å². The minimum Gasteiger partial charge on any atom is -0.467 e. The summed E-state index contributed by atoms with van der Waals surface area (Å²) in [6.45, 7) is 15.4. The summed E-state index contributed by atoms with van der Waals surface area (Å²) in [4.78, 5) is 28.7. The molecule has 336 valence electrons. The van der Waals surface area contributed by atoms with E-state index in [1.54, 1.807) is 0 Å². The van der Waals surface area contributed by atoms with Gasteiger partial charge < -0.3 is 18.9 Å². The number of benzene rings is 4. The van der Waals surface area contributed by atoms with E-state index in [9.17, 15) is 9.59 Å². The topological polar surface area (TPSA) is 73.9 Å². The molecule has 0 fully saturated rings. The molecule has 62 heavy (non-hydrogen) atoms. The molecule has 1 unspecified atom stereocenters. The highest BCUT2D eigenvalue weighted by atomic mass is 28.4. The van der Waals surface area contributed by atoms with E-state index in [1.165, 1.54) is 71.3 Å². The summed E-state index contributed by atoms with van der Waals surface area (Å²) in [5.41, 5.74) is 0. The number of esters is 1. The molecule has 0 saturated carbocycles. The Labute approximate surface area is 377 Å². The van der Waals surface area contributed by atoms with E-state index in [4.69, 9.17) is 13.6 Å². The van der Waals surface area contributed by atoms with Gasteiger partial charge in [0.25, 0.3) is 22.5 Å². The molecule has 0 aliphatic heterocycles. The van der Waals surface area contributed by atoms with E-state index < -0.39 is 40.7 Å². The fourth-order valence-corrected chi connectivity index (χ4v) is 18.1. The highest BCUT2D eigenvalue weighted by Crippen LogP contribution is 2.39. The molecule has 0 aliphatic rings. The van der Waals surface area contributed by atoms with Crippen molar-refractivity contribution in [3.8, 4) is 0 Å². The Morgan fingerprint density at radius 1 is 0.565 bits per heavy atom. The van der Waals surface area contributed by atoms with Gasteiger partial charge in [0.1, 0.15) is 12.1 Å². The number of rotatable bonds is 26. The van der Waals surface area contributed by atoms with Crippen molar-refractivity contribution in [2.75, 3.05) is 13.7 Å². The van der Waals surface area contributed by atoms with Crippen molar-refractivity contribution in [1.82, 2.24) is 5.32 Å². The molecule has 0 saturated heterocycles. The maximum atomic E-state index is 15.0. The quantitative estimate of drug-likeness (QED) is 0.0294. The first kappa shape index (κ1) is 50.6. The molecule has 0 heterocycles. The molecule has 4 aromatic rings. The van der Waals surface area contributed by atoms with Crippen LogP contribution in [0.2, 0.25) is 10.1 Å². The zero-order valence-electron chi connectivity index (χ0n) is 39.3. The van der Waals surface area contributed by atoms with E-state index in [2.05, 4.69) is 108 Å². The van der Waals surface area contributed by atoms with E-state index in [-0.39, 0.29) is 16.7 Å². The molecule has 4 rings (SSSR count). The number of hydrogen-bond donors (Lipinski definition) is 1. The Balaban J connectivity index is 1.63. The summed E-state index contributed by atoms with van der Waals surface area (Å²) in [6.07, 6.45) is 19.3. The van der Waals surface area contributed by atoms with Crippen LogP contribution >= 0.6 is 0 Å². The SMILES string of the molecule is CCCCCCCCCCCCCC/C=C/C(O[Si](c1ccccc1)(c1ccccc1)C(C)(C)C)C(=O)N[C@@H](CO[Si](c1ccccc1)(c1ccccc1)C(C)(C)C)C(=O)OC. The Morgan fingerprint density at radius 3 is 1.31 bits per heavy atom. The van der Waals surface area contributed by atoms with E-state index in [0.29, 0.717) is 0 Å². The van der Waals surface area contributed by atoms with Crippen molar-refractivity contribution in [3.63, 3.8) is 0 Å². The lowest BCUT2D eigenvalue weighted by molar-refractivity contribution is -0.146. The number of unbranched alkanes of at least 4 members (excludes halogenated alkanes) is 12. The molecule has 0 bridgehead atoms. The minimum absolute atomic E-state index is 0.0692. The zero-order chi connectivity index (χ0) is 44.9. The summed E-state index contributed by atoms with van der Waals surface area (Å²) in [7, 11) is -4.88. The predicted molar refractivity (Wildman–Crippen MR) is 265 cm³/mol.